The Balaban J connectivity index is 1.53. The third-order valence-electron chi connectivity index (χ3n) is 3.21. The van der Waals surface area contributed by atoms with Crippen molar-refractivity contribution in [2.75, 3.05) is 33.4 Å². The summed E-state index contributed by atoms with van der Waals surface area (Å²) in [5.41, 5.74) is 0.742. The molecule has 0 aromatic rings. The fraction of sp³-hybridized carbons (Fsp3) is 1.00. The summed E-state index contributed by atoms with van der Waals surface area (Å²) >= 11 is 0. The quantitative estimate of drug-likeness (QED) is 0.676. The lowest BCUT2D eigenvalue weighted by atomic mass is 9.96. The normalized spacial score (nSPS) is 27.2. The van der Waals surface area contributed by atoms with Gasteiger partial charge in [0.25, 0.3) is 0 Å². The molecule has 1 unspecified atom stereocenters. The van der Waals surface area contributed by atoms with Crippen LogP contribution in [0.5, 0.6) is 0 Å². The Labute approximate surface area is 79.7 Å². The third-order valence-corrected chi connectivity index (χ3v) is 3.21. The van der Waals surface area contributed by atoms with Crippen molar-refractivity contribution < 1.29 is 9.84 Å². The van der Waals surface area contributed by atoms with Crippen LogP contribution in [-0.4, -0.2) is 49.5 Å². The Hall–Kier alpha value is -0.120. The van der Waals surface area contributed by atoms with Gasteiger partial charge in [0.1, 0.15) is 0 Å². The molecule has 1 spiro atoms. The van der Waals surface area contributed by atoms with Crippen LogP contribution in [0.2, 0.25) is 0 Å². The zero-order valence-electron chi connectivity index (χ0n) is 8.33. The minimum atomic E-state index is -0.277. The maximum Gasteiger partial charge on any atom is 0.0785 e. The standard InChI is InChI=1S/C10H19NO2/c1-13-6-9(12)2-5-11-7-10(8-11)3-4-10/h9,12H,2-8H2,1H3. The molecular formula is C10H19NO2. The summed E-state index contributed by atoms with van der Waals surface area (Å²) in [5.74, 6) is 0. The zero-order valence-corrected chi connectivity index (χ0v) is 8.33. The second-order valence-corrected chi connectivity index (χ2v) is 4.61. The molecule has 1 N–H and O–H groups in total. The van der Waals surface area contributed by atoms with Gasteiger partial charge in [-0.2, -0.15) is 0 Å². The largest absolute Gasteiger partial charge is 0.391 e. The summed E-state index contributed by atoms with van der Waals surface area (Å²) in [6.45, 7) is 4.05. The van der Waals surface area contributed by atoms with Gasteiger partial charge in [-0.1, -0.05) is 0 Å². The van der Waals surface area contributed by atoms with Crippen LogP contribution in [0.1, 0.15) is 19.3 Å². The molecule has 2 aliphatic rings. The molecule has 2 rings (SSSR count). The van der Waals surface area contributed by atoms with Crippen LogP contribution in [0, 0.1) is 5.41 Å². The van der Waals surface area contributed by atoms with Gasteiger partial charge in [0, 0.05) is 26.7 Å². The van der Waals surface area contributed by atoms with E-state index in [0.29, 0.717) is 6.61 Å². The number of aliphatic hydroxyl groups excluding tert-OH is 1. The molecular weight excluding hydrogens is 166 g/mol. The van der Waals surface area contributed by atoms with Gasteiger partial charge in [-0.3, -0.25) is 0 Å². The van der Waals surface area contributed by atoms with Crippen molar-refractivity contribution in [1.82, 2.24) is 4.90 Å². The van der Waals surface area contributed by atoms with Crippen molar-refractivity contribution in [3.8, 4) is 0 Å². The lowest BCUT2D eigenvalue weighted by molar-refractivity contribution is 0.0280. The molecule has 3 heteroatoms. The van der Waals surface area contributed by atoms with Crippen molar-refractivity contribution in [2.24, 2.45) is 5.41 Å². The van der Waals surface area contributed by atoms with E-state index in [1.165, 1.54) is 25.9 Å². The summed E-state index contributed by atoms with van der Waals surface area (Å²) in [7, 11) is 1.63. The second kappa shape index (κ2) is 3.56. The molecule has 0 amide bonds. The number of ether oxygens (including phenoxy) is 1. The van der Waals surface area contributed by atoms with Gasteiger partial charge < -0.3 is 14.7 Å². The monoisotopic (exact) mass is 185 g/mol. The molecule has 2 fully saturated rings. The van der Waals surface area contributed by atoms with Gasteiger partial charge in [-0.05, 0) is 24.7 Å². The Morgan fingerprint density at radius 2 is 2.15 bits per heavy atom. The minimum Gasteiger partial charge on any atom is -0.391 e. The smallest absolute Gasteiger partial charge is 0.0785 e. The highest BCUT2D eigenvalue weighted by Gasteiger charge is 2.51. The summed E-state index contributed by atoms with van der Waals surface area (Å²) in [5, 5.41) is 9.41. The number of likely N-dealkylation sites (tertiary alicyclic amines) is 1. The van der Waals surface area contributed by atoms with Crippen molar-refractivity contribution in [1.29, 1.82) is 0 Å². The highest BCUT2D eigenvalue weighted by molar-refractivity contribution is 5.04. The van der Waals surface area contributed by atoms with Gasteiger partial charge in [0.15, 0.2) is 0 Å². The van der Waals surface area contributed by atoms with Crippen LogP contribution in [0.3, 0.4) is 0 Å². The van der Waals surface area contributed by atoms with Crippen molar-refractivity contribution in [3.05, 3.63) is 0 Å². The highest BCUT2D eigenvalue weighted by atomic mass is 16.5. The molecule has 0 bridgehead atoms. The fourth-order valence-corrected chi connectivity index (χ4v) is 2.16. The molecule has 0 aromatic carbocycles. The molecule has 13 heavy (non-hydrogen) atoms. The fourth-order valence-electron chi connectivity index (χ4n) is 2.16. The molecule has 0 aromatic heterocycles. The van der Waals surface area contributed by atoms with E-state index in [1.54, 1.807) is 7.11 Å². The van der Waals surface area contributed by atoms with Gasteiger partial charge in [0.2, 0.25) is 0 Å². The van der Waals surface area contributed by atoms with E-state index in [0.717, 1.165) is 18.4 Å². The molecule has 0 radical (unpaired) electrons. The third kappa shape index (κ3) is 2.22. The van der Waals surface area contributed by atoms with Gasteiger partial charge >= 0.3 is 0 Å². The Morgan fingerprint density at radius 3 is 2.69 bits per heavy atom. The summed E-state index contributed by atoms with van der Waals surface area (Å²) in [4.78, 5) is 2.44. The van der Waals surface area contributed by atoms with Crippen molar-refractivity contribution in [2.45, 2.75) is 25.4 Å². The molecule has 1 atom stereocenters. The summed E-state index contributed by atoms with van der Waals surface area (Å²) in [6, 6.07) is 0. The molecule has 1 saturated carbocycles. The van der Waals surface area contributed by atoms with E-state index in [1.807, 2.05) is 0 Å². The van der Waals surface area contributed by atoms with E-state index in [-0.39, 0.29) is 6.10 Å². The lowest BCUT2D eigenvalue weighted by Crippen LogP contribution is -2.49. The number of methoxy groups -OCH3 is 1. The van der Waals surface area contributed by atoms with Crippen LogP contribution in [-0.2, 0) is 4.74 Å². The van der Waals surface area contributed by atoms with Crippen LogP contribution < -0.4 is 0 Å². The van der Waals surface area contributed by atoms with Crippen molar-refractivity contribution in [3.63, 3.8) is 0 Å². The number of nitrogens with zero attached hydrogens (tertiary/aromatic N) is 1. The predicted octanol–water partition coefficient (Wildman–Crippen LogP) is 0.480. The molecule has 1 saturated heterocycles. The van der Waals surface area contributed by atoms with Gasteiger partial charge in [0.05, 0.1) is 12.7 Å². The molecule has 1 aliphatic heterocycles. The number of hydrogen-bond donors (Lipinski definition) is 1. The average Bonchev–Trinajstić information content (AvgIpc) is 2.78. The predicted molar refractivity (Wildman–Crippen MR) is 50.6 cm³/mol. The number of aliphatic hydroxyl groups is 1. The zero-order chi connectivity index (χ0) is 9.31. The molecule has 76 valence electrons. The summed E-state index contributed by atoms with van der Waals surface area (Å²) in [6.07, 6.45) is 3.44. The molecule has 3 nitrogen and oxygen atoms in total. The Morgan fingerprint density at radius 1 is 1.46 bits per heavy atom. The minimum absolute atomic E-state index is 0.277. The van der Waals surface area contributed by atoms with Crippen LogP contribution in [0.4, 0.5) is 0 Å². The molecule has 1 aliphatic carbocycles. The van der Waals surface area contributed by atoms with E-state index in [4.69, 9.17) is 4.74 Å². The topological polar surface area (TPSA) is 32.7 Å². The highest BCUT2D eigenvalue weighted by Crippen LogP contribution is 2.52. The SMILES string of the molecule is COCC(O)CCN1CC2(CC2)C1. The van der Waals surface area contributed by atoms with Crippen LogP contribution in [0.25, 0.3) is 0 Å². The average molecular weight is 185 g/mol. The van der Waals surface area contributed by atoms with Crippen LogP contribution in [0.15, 0.2) is 0 Å². The lowest BCUT2D eigenvalue weighted by Gasteiger charge is -2.40. The van der Waals surface area contributed by atoms with E-state index in [2.05, 4.69) is 4.90 Å². The maximum absolute atomic E-state index is 9.41. The van der Waals surface area contributed by atoms with E-state index in [9.17, 15) is 5.11 Å². The van der Waals surface area contributed by atoms with Gasteiger partial charge in [-0.15, -0.1) is 0 Å². The first-order chi connectivity index (χ1) is 6.24. The second-order valence-electron chi connectivity index (χ2n) is 4.61. The first-order valence-electron chi connectivity index (χ1n) is 5.13. The summed E-state index contributed by atoms with van der Waals surface area (Å²) < 4.78 is 4.87. The maximum atomic E-state index is 9.41. The van der Waals surface area contributed by atoms with Crippen molar-refractivity contribution >= 4 is 0 Å². The molecule has 1 heterocycles. The van der Waals surface area contributed by atoms with E-state index >= 15 is 0 Å². The van der Waals surface area contributed by atoms with Gasteiger partial charge in [-0.25, -0.2) is 0 Å². The Bertz CT molecular complexity index is 172. The number of rotatable bonds is 5. The number of hydrogen-bond acceptors (Lipinski definition) is 3. The van der Waals surface area contributed by atoms with Crippen LogP contribution >= 0.6 is 0 Å². The first-order valence-corrected chi connectivity index (χ1v) is 5.13. The van der Waals surface area contributed by atoms with E-state index < -0.39 is 0 Å². The Kier molecular flexibility index (Phi) is 2.58. The first kappa shape index (κ1) is 9.44.